The van der Waals surface area contributed by atoms with Crippen molar-refractivity contribution in [3.05, 3.63) is 28.2 Å². The van der Waals surface area contributed by atoms with Gasteiger partial charge in [0.15, 0.2) is 0 Å². The van der Waals surface area contributed by atoms with Crippen LogP contribution in [0.5, 0.6) is 0 Å². The van der Waals surface area contributed by atoms with E-state index in [1.54, 1.807) is 7.05 Å². The molecule has 0 spiro atoms. The Morgan fingerprint density at radius 3 is 2.17 bits per heavy atom. The Balaban J connectivity index is 2.95. The highest BCUT2D eigenvalue weighted by molar-refractivity contribution is 7.89. The Labute approximate surface area is 118 Å². The van der Waals surface area contributed by atoms with E-state index >= 15 is 0 Å². The molecular weight excluding hydrogens is 295 g/mol. The van der Waals surface area contributed by atoms with E-state index in [1.807, 2.05) is 19.0 Å². The summed E-state index contributed by atoms with van der Waals surface area (Å²) in [7, 11) is 1.81. The van der Waals surface area contributed by atoms with Crippen LogP contribution < -0.4 is 0 Å². The van der Waals surface area contributed by atoms with E-state index in [4.69, 9.17) is 23.2 Å². The van der Waals surface area contributed by atoms with Gasteiger partial charge in [-0.3, -0.25) is 0 Å². The molecule has 0 atom stereocenters. The second-order valence-electron chi connectivity index (χ2n) is 4.21. The summed E-state index contributed by atoms with van der Waals surface area (Å²) in [4.78, 5) is 2.07. The first-order valence-electron chi connectivity index (χ1n) is 5.31. The van der Waals surface area contributed by atoms with Gasteiger partial charge in [-0.05, 0) is 32.3 Å². The van der Waals surface area contributed by atoms with E-state index in [-0.39, 0.29) is 9.92 Å². The fourth-order valence-corrected chi connectivity index (χ4v) is 2.83. The number of likely N-dealkylation sites (N-methyl/N-ethyl adjacent to an activating group) is 2. The molecule has 4 nitrogen and oxygen atoms in total. The lowest BCUT2D eigenvalue weighted by Crippen LogP contribution is -2.33. The number of nitrogens with zero attached hydrogens (tertiary/aromatic N) is 2. The minimum absolute atomic E-state index is 0.151. The Morgan fingerprint density at radius 2 is 1.67 bits per heavy atom. The molecule has 0 unspecified atom stereocenters. The summed E-state index contributed by atoms with van der Waals surface area (Å²) in [5, 5.41) is 0.574. The Bertz CT molecular complexity index is 518. The lowest BCUT2D eigenvalue weighted by molar-refractivity contribution is 0.358. The van der Waals surface area contributed by atoms with E-state index in [0.717, 1.165) is 0 Å². The van der Waals surface area contributed by atoms with Crippen molar-refractivity contribution in [2.24, 2.45) is 0 Å². The van der Waals surface area contributed by atoms with Gasteiger partial charge in [0.25, 0.3) is 0 Å². The van der Waals surface area contributed by atoms with E-state index in [9.17, 15) is 8.42 Å². The van der Waals surface area contributed by atoms with E-state index in [2.05, 4.69) is 0 Å². The molecule has 0 aliphatic heterocycles. The molecule has 1 aromatic carbocycles. The lowest BCUT2D eigenvalue weighted by Gasteiger charge is -2.19. The standard InChI is InChI=1S/C11H16Cl2N2O2S/c1-14(2)6-7-15(3)18(16,17)9-4-5-10(12)11(13)8-9/h4-5,8H,6-7H2,1-3H3. The van der Waals surface area contributed by atoms with E-state index < -0.39 is 10.0 Å². The highest BCUT2D eigenvalue weighted by atomic mass is 35.5. The molecule has 0 aliphatic rings. The third kappa shape index (κ3) is 3.83. The largest absolute Gasteiger partial charge is 0.308 e. The molecule has 18 heavy (non-hydrogen) atoms. The van der Waals surface area contributed by atoms with Crippen molar-refractivity contribution in [2.75, 3.05) is 34.2 Å². The predicted octanol–water partition coefficient (Wildman–Crippen LogP) is 2.18. The maximum absolute atomic E-state index is 12.2. The van der Waals surface area contributed by atoms with Gasteiger partial charge in [-0.15, -0.1) is 0 Å². The zero-order chi connectivity index (χ0) is 13.9. The van der Waals surface area contributed by atoms with Crippen molar-refractivity contribution in [1.82, 2.24) is 9.21 Å². The molecule has 0 fully saturated rings. The Morgan fingerprint density at radius 1 is 1.06 bits per heavy atom. The minimum Gasteiger partial charge on any atom is -0.308 e. The second kappa shape index (κ2) is 6.21. The fraction of sp³-hybridized carbons (Fsp3) is 0.455. The number of benzene rings is 1. The molecule has 0 amide bonds. The van der Waals surface area contributed by atoms with Crippen LogP contribution in [-0.4, -0.2) is 51.9 Å². The third-order valence-electron chi connectivity index (χ3n) is 2.46. The third-order valence-corrected chi connectivity index (χ3v) is 5.05. The summed E-state index contributed by atoms with van der Waals surface area (Å²) in [5.41, 5.74) is 0. The topological polar surface area (TPSA) is 40.6 Å². The fourth-order valence-electron chi connectivity index (χ4n) is 1.28. The van der Waals surface area contributed by atoms with Gasteiger partial charge in [-0.1, -0.05) is 23.2 Å². The minimum atomic E-state index is -3.51. The van der Waals surface area contributed by atoms with Crippen LogP contribution in [0.25, 0.3) is 0 Å². The molecule has 0 aliphatic carbocycles. The quantitative estimate of drug-likeness (QED) is 0.837. The van der Waals surface area contributed by atoms with Crippen LogP contribution in [0.1, 0.15) is 0 Å². The molecule has 1 rings (SSSR count). The smallest absolute Gasteiger partial charge is 0.242 e. The first kappa shape index (κ1) is 15.7. The molecule has 7 heteroatoms. The SMILES string of the molecule is CN(C)CCN(C)S(=O)(=O)c1ccc(Cl)c(Cl)c1. The molecular formula is C11H16Cl2N2O2S. The summed E-state index contributed by atoms with van der Waals surface area (Å²) >= 11 is 11.6. The zero-order valence-corrected chi connectivity index (χ0v) is 12.8. The van der Waals surface area contributed by atoms with Gasteiger partial charge in [-0.25, -0.2) is 8.42 Å². The van der Waals surface area contributed by atoms with Gasteiger partial charge in [0.2, 0.25) is 10.0 Å². The average Bonchev–Trinajstić information content (AvgIpc) is 2.29. The van der Waals surface area contributed by atoms with Crippen LogP contribution in [0.15, 0.2) is 23.1 Å². The number of halogens is 2. The average molecular weight is 311 g/mol. The van der Waals surface area contributed by atoms with Crippen LogP contribution in [0.3, 0.4) is 0 Å². The molecule has 102 valence electrons. The molecule has 0 radical (unpaired) electrons. The van der Waals surface area contributed by atoms with Crippen LogP contribution in [-0.2, 0) is 10.0 Å². The summed E-state index contributed by atoms with van der Waals surface area (Å²) < 4.78 is 25.7. The van der Waals surface area contributed by atoms with Crippen LogP contribution in [0.2, 0.25) is 10.0 Å². The number of sulfonamides is 1. The summed E-state index contributed by atoms with van der Waals surface area (Å²) in [6, 6.07) is 4.30. The van der Waals surface area contributed by atoms with Crippen molar-refractivity contribution in [3.8, 4) is 0 Å². The van der Waals surface area contributed by atoms with Gasteiger partial charge in [0.1, 0.15) is 0 Å². The van der Waals surface area contributed by atoms with Crippen molar-refractivity contribution < 1.29 is 8.42 Å². The first-order chi connectivity index (χ1) is 8.25. The maximum Gasteiger partial charge on any atom is 0.242 e. The number of hydrogen-bond acceptors (Lipinski definition) is 3. The van der Waals surface area contributed by atoms with Gasteiger partial charge >= 0.3 is 0 Å². The van der Waals surface area contributed by atoms with E-state index in [0.29, 0.717) is 18.1 Å². The van der Waals surface area contributed by atoms with Gasteiger partial charge in [0.05, 0.1) is 14.9 Å². The van der Waals surface area contributed by atoms with Gasteiger partial charge < -0.3 is 4.90 Å². The van der Waals surface area contributed by atoms with Crippen LogP contribution in [0, 0.1) is 0 Å². The van der Waals surface area contributed by atoms with Crippen LogP contribution in [0.4, 0.5) is 0 Å². The first-order valence-corrected chi connectivity index (χ1v) is 7.51. The van der Waals surface area contributed by atoms with Crippen molar-refractivity contribution in [3.63, 3.8) is 0 Å². The molecule has 0 heterocycles. The Hall–Kier alpha value is -0.330. The highest BCUT2D eigenvalue weighted by Gasteiger charge is 2.21. The normalized spacial score (nSPS) is 12.4. The second-order valence-corrected chi connectivity index (χ2v) is 7.07. The summed E-state index contributed by atoms with van der Waals surface area (Å²) in [6.45, 7) is 1.06. The Kier molecular flexibility index (Phi) is 5.43. The molecule has 0 saturated heterocycles. The molecule has 0 N–H and O–H groups in total. The number of rotatable bonds is 5. The number of hydrogen-bond donors (Lipinski definition) is 0. The summed E-state index contributed by atoms with van der Waals surface area (Å²) in [5.74, 6) is 0. The maximum atomic E-state index is 12.2. The molecule has 0 saturated carbocycles. The molecule has 0 aromatic heterocycles. The monoisotopic (exact) mass is 310 g/mol. The zero-order valence-electron chi connectivity index (χ0n) is 10.5. The highest BCUT2D eigenvalue weighted by Crippen LogP contribution is 2.26. The van der Waals surface area contributed by atoms with E-state index in [1.165, 1.54) is 22.5 Å². The van der Waals surface area contributed by atoms with Crippen molar-refractivity contribution in [2.45, 2.75) is 4.90 Å². The lowest BCUT2D eigenvalue weighted by atomic mass is 10.4. The van der Waals surface area contributed by atoms with Crippen molar-refractivity contribution in [1.29, 1.82) is 0 Å². The van der Waals surface area contributed by atoms with Gasteiger partial charge in [-0.2, -0.15) is 4.31 Å². The molecule has 0 bridgehead atoms. The summed E-state index contributed by atoms with van der Waals surface area (Å²) in [6.07, 6.45) is 0. The van der Waals surface area contributed by atoms with Gasteiger partial charge in [0, 0.05) is 20.1 Å². The predicted molar refractivity (Wildman–Crippen MR) is 74.8 cm³/mol. The van der Waals surface area contributed by atoms with Crippen LogP contribution >= 0.6 is 23.2 Å². The van der Waals surface area contributed by atoms with Crippen molar-refractivity contribution >= 4 is 33.2 Å². The molecule has 1 aromatic rings.